The van der Waals surface area contributed by atoms with Gasteiger partial charge in [0.25, 0.3) is 0 Å². The molecule has 1 aliphatic carbocycles. The fourth-order valence-electron chi connectivity index (χ4n) is 4.41. The molecule has 226 valence electrons. The third kappa shape index (κ3) is 12.7. The average molecular weight is 565 g/mol. The van der Waals surface area contributed by atoms with Crippen molar-refractivity contribution in [3.8, 4) is 0 Å². The van der Waals surface area contributed by atoms with E-state index in [9.17, 15) is 33.2 Å². The molecule has 1 N–H and O–H groups in total. The maximum absolute atomic E-state index is 14.3. The number of ketones is 2. The first-order valence-corrected chi connectivity index (χ1v) is 14.2. The van der Waals surface area contributed by atoms with Crippen molar-refractivity contribution in [1.29, 1.82) is 0 Å². The summed E-state index contributed by atoms with van der Waals surface area (Å²) >= 11 is 0. The lowest BCUT2D eigenvalue weighted by Gasteiger charge is -2.24. The molecule has 1 amide bonds. The van der Waals surface area contributed by atoms with Crippen molar-refractivity contribution in [1.82, 2.24) is 5.32 Å². The van der Waals surface area contributed by atoms with E-state index in [-0.39, 0.29) is 39.9 Å². The number of rotatable bonds is 8. The Balaban J connectivity index is 0. The van der Waals surface area contributed by atoms with Gasteiger partial charge in [0, 0.05) is 62.9 Å². The van der Waals surface area contributed by atoms with Crippen LogP contribution in [0.2, 0.25) is 0 Å². The minimum atomic E-state index is -0.492. The highest BCUT2D eigenvalue weighted by atomic mass is 19.1. The van der Waals surface area contributed by atoms with Crippen LogP contribution in [0.1, 0.15) is 114 Å². The normalized spacial score (nSPS) is 17.3. The Morgan fingerprint density at radius 2 is 1.70 bits per heavy atom. The number of hydrogen-bond acceptors (Lipinski definition) is 7. The van der Waals surface area contributed by atoms with Crippen molar-refractivity contribution in [2.75, 3.05) is 25.0 Å². The quantitative estimate of drug-likeness (QED) is 0.314. The molecule has 9 heteroatoms. The zero-order valence-electron chi connectivity index (χ0n) is 25.6. The lowest BCUT2D eigenvalue weighted by atomic mass is 9.85. The molecule has 1 saturated heterocycles. The topological polar surface area (TPSA) is 118 Å². The Bertz CT molecular complexity index is 965. The number of hydrogen-bond donors (Lipinski definition) is 1. The summed E-state index contributed by atoms with van der Waals surface area (Å²) in [6.45, 7) is 14.3. The van der Waals surface area contributed by atoms with Crippen molar-refractivity contribution in [3.63, 3.8) is 0 Å². The molecular formula is C31H49FN2O6. The summed E-state index contributed by atoms with van der Waals surface area (Å²) in [5.41, 5.74) is 0.643. The number of benzene rings is 1. The first-order valence-electron chi connectivity index (χ1n) is 14.2. The molecule has 0 aromatic heterocycles. The van der Waals surface area contributed by atoms with Crippen molar-refractivity contribution < 1.29 is 33.2 Å². The smallest absolute Gasteiger partial charge is 0.222 e. The van der Waals surface area contributed by atoms with Gasteiger partial charge in [-0.05, 0) is 43.7 Å². The standard InChI is InChI=1S/C17H18FNO3.C7H13NO2.C3H6O.2C2H6/c1-11(21)14-7-16(15(18)6-12(14)9-20)19-5-4-17(10-19)3-2-13(22)8-17;1-6(4-3-5-9)7(10)8-2;1-2-3-4;2*1-2/h6-7,9H,2-5,8,10H2,1H3;5-6H,3-4H2,1-2H3,(H,8,10);3H,2H2,1H3;2*1-2H3. The SMILES string of the molecule is CC.CC.CC(=O)c1cc(N2CCC3(CCC(=O)C3)C2)c(F)cc1C=O.CCC=O.CNC(=O)C(C)CCC=O. The number of amides is 1. The fourth-order valence-corrected chi connectivity index (χ4v) is 4.41. The number of anilines is 1. The van der Waals surface area contributed by atoms with E-state index in [1.165, 1.54) is 13.0 Å². The van der Waals surface area contributed by atoms with E-state index in [0.29, 0.717) is 57.2 Å². The van der Waals surface area contributed by atoms with E-state index in [1.54, 1.807) is 7.05 Å². The molecule has 2 unspecified atom stereocenters. The third-order valence-electron chi connectivity index (χ3n) is 6.49. The Hall–Kier alpha value is -3.23. The second kappa shape index (κ2) is 21.6. The molecule has 2 atom stereocenters. The molecule has 2 aliphatic rings. The molecule has 1 heterocycles. The van der Waals surface area contributed by atoms with Gasteiger partial charge in [0.1, 0.15) is 24.2 Å². The largest absolute Gasteiger partial charge is 0.369 e. The molecule has 2 fully saturated rings. The minimum absolute atomic E-state index is 0.00171. The molecule has 1 aliphatic heterocycles. The molecule has 40 heavy (non-hydrogen) atoms. The lowest BCUT2D eigenvalue weighted by molar-refractivity contribution is -0.124. The second-order valence-corrected chi connectivity index (χ2v) is 9.29. The highest BCUT2D eigenvalue weighted by Gasteiger charge is 2.44. The molecule has 8 nitrogen and oxygen atoms in total. The number of carbonyl (C=O) groups is 6. The van der Waals surface area contributed by atoms with E-state index in [0.717, 1.165) is 31.5 Å². The molecular weight excluding hydrogens is 515 g/mol. The molecule has 1 saturated carbocycles. The van der Waals surface area contributed by atoms with E-state index in [2.05, 4.69) is 5.32 Å². The predicted octanol–water partition coefficient (Wildman–Crippen LogP) is 5.79. The summed E-state index contributed by atoms with van der Waals surface area (Å²) in [6, 6.07) is 2.60. The molecule has 3 rings (SSSR count). The Morgan fingerprint density at radius 3 is 2.12 bits per heavy atom. The van der Waals surface area contributed by atoms with Gasteiger partial charge < -0.3 is 19.8 Å². The van der Waals surface area contributed by atoms with Crippen LogP contribution in [-0.2, 0) is 19.2 Å². The number of aldehydes is 3. The number of halogens is 1. The van der Waals surface area contributed by atoms with E-state index >= 15 is 0 Å². The molecule has 1 aromatic carbocycles. The summed E-state index contributed by atoms with van der Waals surface area (Å²) in [5.74, 6) is -0.512. The zero-order valence-corrected chi connectivity index (χ0v) is 25.6. The van der Waals surface area contributed by atoms with Gasteiger partial charge in [-0.2, -0.15) is 0 Å². The first-order chi connectivity index (χ1) is 19.1. The number of carbonyl (C=O) groups excluding carboxylic acids is 6. The van der Waals surface area contributed by atoms with Crippen molar-refractivity contribution in [2.45, 2.75) is 93.4 Å². The first kappa shape index (κ1) is 38.9. The Morgan fingerprint density at radius 1 is 1.10 bits per heavy atom. The van der Waals surface area contributed by atoms with Crippen LogP contribution in [-0.4, -0.2) is 56.5 Å². The van der Waals surface area contributed by atoms with Crippen LogP contribution in [0.3, 0.4) is 0 Å². The van der Waals surface area contributed by atoms with Gasteiger partial charge in [-0.1, -0.05) is 41.5 Å². The summed E-state index contributed by atoms with van der Waals surface area (Å²) in [7, 11) is 1.60. The van der Waals surface area contributed by atoms with Crippen LogP contribution in [0.5, 0.6) is 0 Å². The number of Topliss-reactive ketones (excluding diaryl/α,β-unsaturated/α-hetero) is 2. The van der Waals surface area contributed by atoms with E-state index < -0.39 is 5.82 Å². The highest BCUT2D eigenvalue weighted by Crippen LogP contribution is 2.45. The van der Waals surface area contributed by atoms with E-state index in [4.69, 9.17) is 0 Å². The van der Waals surface area contributed by atoms with Gasteiger partial charge >= 0.3 is 0 Å². The zero-order chi connectivity index (χ0) is 31.3. The molecule has 1 aromatic rings. The van der Waals surface area contributed by atoms with Crippen LogP contribution in [0.4, 0.5) is 10.1 Å². The fraction of sp³-hybridized carbons (Fsp3) is 0.613. The Kier molecular flexibility index (Phi) is 21.0. The van der Waals surface area contributed by atoms with Crippen LogP contribution in [0.25, 0.3) is 0 Å². The maximum Gasteiger partial charge on any atom is 0.222 e. The maximum atomic E-state index is 14.3. The molecule has 0 bridgehead atoms. The van der Waals surface area contributed by atoms with Crippen molar-refractivity contribution in [2.24, 2.45) is 11.3 Å². The van der Waals surface area contributed by atoms with Crippen molar-refractivity contribution >= 4 is 42.0 Å². The number of nitrogens with one attached hydrogen (secondary N) is 1. The van der Waals surface area contributed by atoms with E-state index in [1.807, 2.05) is 46.4 Å². The van der Waals surface area contributed by atoms with Gasteiger partial charge in [-0.3, -0.25) is 19.2 Å². The monoisotopic (exact) mass is 564 g/mol. The summed E-state index contributed by atoms with van der Waals surface area (Å²) in [6.07, 6.45) is 6.86. The van der Waals surface area contributed by atoms with Crippen LogP contribution >= 0.6 is 0 Å². The van der Waals surface area contributed by atoms with Gasteiger partial charge in [0.15, 0.2) is 12.1 Å². The lowest BCUT2D eigenvalue weighted by Crippen LogP contribution is -2.26. The summed E-state index contributed by atoms with van der Waals surface area (Å²) < 4.78 is 14.3. The van der Waals surface area contributed by atoms with Gasteiger partial charge in [0.05, 0.1) is 5.69 Å². The average Bonchev–Trinajstić information content (AvgIpc) is 3.57. The van der Waals surface area contributed by atoms with Gasteiger partial charge in [-0.15, -0.1) is 0 Å². The number of nitrogens with zero attached hydrogens (tertiary/aromatic N) is 1. The predicted molar refractivity (Wildman–Crippen MR) is 157 cm³/mol. The van der Waals surface area contributed by atoms with Crippen LogP contribution < -0.4 is 10.2 Å². The summed E-state index contributed by atoms with van der Waals surface area (Å²) in [5, 5.41) is 2.52. The highest BCUT2D eigenvalue weighted by molar-refractivity contribution is 6.02. The van der Waals surface area contributed by atoms with Crippen LogP contribution in [0, 0.1) is 17.2 Å². The summed E-state index contributed by atoms with van der Waals surface area (Å²) in [4.78, 5) is 66.0. The van der Waals surface area contributed by atoms with Crippen molar-refractivity contribution in [3.05, 3.63) is 29.1 Å². The van der Waals surface area contributed by atoms with Gasteiger partial charge in [-0.25, -0.2) is 4.39 Å². The van der Waals surface area contributed by atoms with Gasteiger partial charge in [0.2, 0.25) is 5.91 Å². The van der Waals surface area contributed by atoms with Crippen LogP contribution in [0.15, 0.2) is 12.1 Å². The third-order valence-corrected chi connectivity index (χ3v) is 6.49. The molecule has 1 spiro atoms. The second-order valence-electron chi connectivity index (χ2n) is 9.29. The Labute approximate surface area is 239 Å². The minimum Gasteiger partial charge on any atom is -0.369 e. The molecule has 0 radical (unpaired) electrons.